The van der Waals surface area contributed by atoms with Gasteiger partial charge in [0.2, 0.25) is 0 Å². The zero-order valence-electron chi connectivity index (χ0n) is 12.3. The van der Waals surface area contributed by atoms with Crippen molar-refractivity contribution in [2.24, 2.45) is 5.92 Å². The van der Waals surface area contributed by atoms with Gasteiger partial charge in [-0.25, -0.2) is 0 Å². The second kappa shape index (κ2) is 4.93. The van der Waals surface area contributed by atoms with Crippen LogP contribution < -0.4 is 0 Å². The average Bonchev–Trinajstić information content (AvgIpc) is 2.37. The first-order chi connectivity index (χ1) is 9.30. The van der Waals surface area contributed by atoms with Crippen molar-refractivity contribution in [3.05, 3.63) is 35.9 Å². The second-order valence-electron chi connectivity index (χ2n) is 5.81. The number of benzene rings is 1. The van der Waals surface area contributed by atoms with Gasteiger partial charge in [0.15, 0.2) is 5.92 Å². The number of carbonyl (C=O) groups excluding carboxylic acids is 2. The molecular weight excluding hydrogens is 256 g/mol. The molecule has 1 heterocycles. The van der Waals surface area contributed by atoms with Crippen molar-refractivity contribution in [2.45, 2.75) is 45.3 Å². The third-order valence-electron chi connectivity index (χ3n) is 3.97. The summed E-state index contributed by atoms with van der Waals surface area (Å²) in [6.07, 6.45) is 0.631. The molecule has 20 heavy (non-hydrogen) atoms. The van der Waals surface area contributed by atoms with Gasteiger partial charge in [0, 0.05) is 19.3 Å². The zero-order valence-corrected chi connectivity index (χ0v) is 12.3. The van der Waals surface area contributed by atoms with Crippen LogP contribution in [0.2, 0.25) is 0 Å². The van der Waals surface area contributed by atoms with Crippen molar-refractivity contribution in [3.63, 3.8) is 0 Å². The van der Waals surface area contributed by atoms with Crippen molar-refractivity contribution >= 4 is 11.9 Å². The van der Waals surface area contributed by atoms with Crippen LogP contribution in [0.3, 0.4) is 0 Å². The van der Waals surface area contributed by atoms with Crippen LogP contribution in [0.25, 0.3) is 0 Å². The van der Waals surface area contributed by atoms with Crippen LogP contribution >= 0.6 is 0 Å². The Morgan fingerprint density at radius 2 is 1.60 bits per heavy atom. The molecule has 0 aromatic heterocycles. The summed E-state index contributed by atoms with van der Waals surface area (Å²) in [5.41, 5.74) is 0.299. The molecular formula is C16H20O4. The quantitative estimate of drug-likeness (QED) is 0.629. The molecule has 4 heteroatoms. The standard InChI is InChI=1S/C16H20O4/c1-5-16(4,11-9-7-6-8-10-11)12-13(17)19-15(2,3)20-14(12)18/h6-10,12H,5H2,1-4H3/t16-/m0/s1. The molecule has 0 spiro atoms. The Bertz CT molecular complexity index is 501. The van der Waals surface area contributed by atoms with Crippen molar-refractivity contribution in [1.29, 1.82) is 0 Å². The first-order valence-corrected chi connectivity index (χ1v) is 6.81. The summed E-state index contributed by atoms with van der Waals surface area (Å²) in [6, 6.07) is 9.53. The summed E-state index contributed by atoms with van der Waals surface area (Å²) in [4.78, 5) is 24.6. The number of cyclic esters (lactones) is 2. The highest BCUT2D eigenvalue weighted by Gasteiger charge is 2.52. The molecule has 1 aromatic carbocycles. The first kappa shape index (κ1) is 14.6. The lowest BCUT2D eigenvalue weighted by Crippen LogP contribution is -2.53. The van der Waals surface area contributed by atoms with Crippen LogP contribution in [-0.2, 0) is 24.5 Å². The van der Waals surface area contributed by atoms with Gasteiger partial charge in [-0.15, -0.1) is 0 Å². The molecule has 1 saturated heterocycles. The molecule has 0 bridgehead atoms. The third kappa shape index (κ3) is 2.42. The molecule has 2 rings (SSSR count). The van der Waals surface area contributed by atoms with Crippen LogP contribution in [0.15, 0.2) is 30.3 Å². The van der Waals surface area contributed by atoms with Crippen molar-refractivity contribution < 1.29 is 19.1 Å². The Morgan fingerprint density at radius 1 is 1.10 bits per heavy atom. The number of esters is 2. The summed E-state index contributed by atoms with van der Waals surface area (Å²) in [5, 5.41) is 0. The van der Waals surface area contributed by atoms with Crippen LogP contribution in [0, 0.1) is 5.92 Å². The highest BCUT2D eigenvalue weighted by molar-refractivity contribution is 5.98. The van der Waals surface area contributed by atoms with E-state index in [4.69, 9.17) is 9.47 Å². The zero-order chi connectivity index (χ0) is 15.0. The Hall–Kier alpha value is -1.84. The molecule has 0 aliphatic carbocycles. The van der Waals surface area contributed by atoms with E-state index in [-0.39, 0.29) is 0 Å². The largest absolute Gasteiger partial charge is 0.422 e. The number of carbonyl (C=O) groups is 2. The van der Waals surface area contributed by atoms with E-state index < -0.39 is 29.1 Å². The molecule has 0 amide bonds. The maximum Gasteiger partial charge on any atom is 0.324 e. The van der Waals surface area contributed by atoms with E-state index in [0.29, 0.717) is 6.42 Å². The van der Waals surface area contributed by atoms with E-state index in [2.05, 4.69) is 0 Å². The summed E-state index contributed by atoms with van der Waals surface area (Å²) in [7, 11) is 0. The second-order valence-corrected chi connectivity index (χ2v) is 5.81. The van der Waals surface area contributed by atoms with Crippen LogP contribution in [0.5, 0.6) is 0 Å². The minimum atomic E-state index is -1.18. The van der Waals surface area contributed by atoms with E-state index in [1.807, 2.05) is 44.2 Å². The molecule has 1 aliphatic heterocycles. The number of hydrogen-bond acceptors (Lipinski definition) is 4. The molecule has 0 radical (unpaired) electrons. The Kier molecular flexibility index (Phi) is 3.59. The predicted octanol–water partition coefficient (Wildman–Crippen LogP) is 2.81. The van der Waals surface area contributed by atoms with Gasteiger partial charge in [-0.2, -0.15) is 0 Å². The van der Waals surface area contributed by atoms with E-state index in [9.17, 15) is 9.59 Å². The van der Waals surface area contributed by atoms with Gasteiger partial charge in [0.05, 0.1) is 0 Å². The molecule has 1 aromatic rings. The van der Waals surface area contributed by atoms with E-state index in [0.717, 1.165) is 5.56 Å². The highest BCUT2D eigenvalue weighted by atomic mass is 16.7. The minimum absolute atomic E-state index is 0.514. The molecule has 0 saturated carbocycles. The van der Waals surface area contributed by atoms with Crippen molar-refractivity contribution in [1.82, 2.24) is 0 Å². The van der Waals surface area contributed by atoms with Gasteiger partial charge in [0.1, 0.15) is 0 Å². The predicted molar refractivity (Wildman–Crippen MR) is 73.8 cm³/mol. The van der Waals surface area contributed by atoms with Crippen molar-refractivity contribution in [3.8, 4) is 0 Å². The lowest BCUT2D eigenvalue weighted by atomic mass is 9.69. The number of rotatable bonds is 3. The lowest BCUT2D eigenvalue weighted by Gasteiger charge is -2.41. The summed E-state index contributed by atoms with van der Waals surface area (Å²) < 4.78 is 10.5. The molecule has 1 aliphatic rings. The van der Waals surface area contributed by atoms with Gasteiger partial charge >= 0.3 is 11.9 Å². The SMILES string of the molecule is CC[C@@](C)(c1ccccc1)C1C(=O)OC(C)(C)OC1=O. The Morgan fingerprint density at radius 3 is 2.05 bits per heavy atom. The minimum Gasteiger partial charge on any atom is -0.422 e. The average molecular weight is 276 g/mol. The fourth-order valence-electron chi connectivity index (χ4n) is 2.63. The van der Waals surface area contributed by atoms with E-state index in [1.54, 1.807) is 13.8 Å². The van der Waals surface area contributed by atoms with E-state index in [1.165, 1.54) is 0 Å². The third-order valence-corrected chi connectivity index (χ3v) is 3.97. The molecule has 0 unspecified atom stereocenters. The Labute approximate surface area is 119 Å². The topological polar surface area (TPSA) is 52.6 Å². The first-order valence-electron chi connectivity index (χ1n) is 6.81. The van der Waals surface area contributed by atoms with Crippen LogP contribution in [0.4, 0.5) is 0 Å². The van der Waals surface area contributed by atoms with Gasteiger partial charge in [-0.3, -0.25) is 9.59 Å². The van der Waals surface area contributed by atoms with E-state index >= 15 is 0 Å². The molecule has 0 N–H and O–H groups in total. The Balaban J connectivity index is 2.42. The number of ether oxygens (including phenoxy) is 2. The highest BCUT2D eigenvalue weighted by Crippen LogP contribution is 2.40. The lowest BCUT2D eigenvalue weighted by molar-refractivity contribution is -0.243. The summed E-state index contributed by atoms with van der Waals surface area (Å²) in [5.74, 6) is -3.14. The fraction of sp³-hybridized carbons (Fsp3) is 0.500. The maximum absolute atomic E-state index is 12.3. The van der Waals surface area contributed by atoms with Gasteiger partial charge in [-0.1, -0.05) is 44.2 Å². The maximum atomic E-state index is 12.3. The van der Waals surface area contributed by atoms with Crippen LogP contribution in [-0.4, -0.2) is 17.7 Å². The molecule has 1 fully saturated rings. The van der Waals surface area contributed by atoms with Crippen LogP contribution in [0.1, 0.15) is 39.7 Å². The molecule has 4 nitrogen and oxygen atoms in total. The molecule has 1 atom stereocenters. The molecule has 108 valence electrons. The smallest absolute Gasteiger partial charge is 0.324 e. The normalized spacial score (nSPS) is 21.8. The number of hydrogen-bond donors (Lipinski definition) is 0. The van der Waals surface area contributed by atoms with Crippen molar-refractivity contribution in [2.75, 3.05) is 0 Å². The van der Waals surface area contributed by atoms with Gasteiger partial charge < -0.3 is 9.47 Å². The summed E-state index contributed by atoms with van der Waals surface area (Å²) >= 11 is 0. The summed E-state index contributed by atoms with van der Waals surface area (Å²) in [6.45, 7) is 6.97. The monoisotopic (exact) mass is 276 g/mol. The van der Waals surface area contributed by atoms with Gasteiger partial charge in [0.25, 0.3) is 5.79 Å². The fourth-order valence-corrected chi connectivity index (χ4v) is 2.63. The van der Waals surface area contributed by atoms with Gasteiger partial charge in [-0.05, 0) is 12.0 Å².